The second-order valence-electron chi connectivity index (χ2n) is 9.55. The summed E-state index contributed by atoms with van der Waals surface area (Å²) >= 11 is 1.38. The topological polar surface area (TPSA) is 118 Å². The summed E-state index contributed by atoms with van der Waals surface area (Å²) in [5, 5.41) is 9.80. The lowest BCUT2D eigenvalue weighted by molar-refractivity contribution is 0.0991. The number of benzene rings is 2. The van der Waals surface area contributed by atoms with Gasteiger partial charge in [-0.1, -0.05) is 18.2 Å². The zero-order valence-electron chi connectivity index (χ0n) is 22.9. The smallest absolute Gasteiger partial charge is 0.268 e. The molecule has 0 aliphatic carbocycles. The van der Waals surface area contributed by atoms with Gasteiger partial charge >= 0.3 is 0 Å². The second-order valence-corrected chi connectivity index (χ2v) is 10.6. The van der Waals surface area contributed by atoms with Gasteiger partial charge in [0.2, 0.25) is 11.8 Å². The molecule has 0 bridgehead atoms. The molecular formula is C31H27N7O3S. The summed E-state index contributed by atoms with van der Waals surface area (Å²) in [5.74, 6) is 0.580. The monoisotopic (exact) mass is 577 g/mol. The van der Waals surface area contributed by atoms with E-state index >= 15 is 0 Å². The molecule has 210 valence electrons. The average Bonchev–Trinajstić information content (AvgIpc) is 3.80. The first-order valence-corrected chi connectivity index (χ1v) is 14.0. The van der Waals surface area contributed by atoms with E-state index in [4.69, 9.17) is 9.72 Å². The molecule has 2 N–H and O–H groups in total. The number of hydrogen-bond acceptors (Lipinski definition) is 7. The van der Waals surface area contributed by atoms with E-state index in [9.17, 15) is 9.59 Å². The highest BCUT2D eigenvalue weighted by Crippen LogP contribution is 2.30. The number of aromatic amines is 1. The molecular weight excluding hydrogens is 550 g/mol. The number of ether oxygens (including phenoxy) is 1. The number of pyridine rings is 1. The van der Waals surface area contributed by atoms with Crippen LogP contribution in [0.25, 0.3) is 21.5 Å². The molecule has 6 aromatic rings. The van der Waals surface area contributed by atoms with Gasteiger partial charge in [0, 0.05) is 53.7 Å². The van der Waals surface area contributed by atoms with Crippen LogP contribution in [0.3, 0.4) is 0 Å². The van der Waals surface area contributed by atoms with Crippen LogP contribution in [0, 0.1) is 0 Å². The molecule has 6 rings (SSSR count). The number of anilines is 2. The van der Waals surface area contributed by atoms with E-state index in [1.165, 1.54) is 11.3 Å². The maximum absolute atomic E-state index is 13.4. The number of carbonyl (C=O) groups is 2. The molecule has 10 nitrogen and oxygen atoms in total. The van der Waals surface area contributed by atoms with Gasteiger partial charge < -0.3 is 14.2 Å². The number of aromatic nitrogens is 5. The number of imidazole rings is 1. The highest BCUT2D eigenvalue weighted by molar-refractivity contribution is 7.17. The van der Waals surface area contributed by atoms with Crippen LogP contribution in [0.15, 0.2) is 91.4 Å². The van der Waals surface area contributed by atoms with Gasteiger partial charge in [-0.2, -0.15) is 5.10 Å². The zero-order chi connectivity index (χ0) is 29.1. The summed E-state index contributed by atoms with van der Waals surface area (Å²) in [4.78, 5) is 38.5. The first-order valence-electron chi connectivity index (χ1n) is 13.2. The lowest BCUT2D eigenvalue weighted by Crippen LogP contribution is -2.26. The Balaban J connectivity index is 1.32. The summed E-state index contributed by atoms with van der Waals surface area (Å²) < 4.78 is 7.26. The molecule has 42 heavy (non-hydrogen) atoms. The third kappa shape index (κ3) is 5.50. The predicted octanol–water partition coefficient (Wildman–Crippen LogP) is 5.66. The van der Waals surface area contributed by atoms with E-state index in [1.54, 1.807) is 55.8 Å². The summed E-state index contributed by atoms with van der Waals surface area (Å²) in [6.07, 6.45) is 5.88. The quantitative estimate of drug-likeness (QED) is 0.229. The van der Waals surface area contributed by atoms with Gasteiger partial charge in [-0.25, -0.2) is 9.97 Å². The van der Waals surface area contributed by atoms with Crippen LogP contribution in [-0.4, -0.2) is 50.7 Å². The Morgan fingerprint density at radius 1 is 1.07 bits per heavy atom. The van der Waals surface area contributed by atoms with Crippen molar-refractivity contribution >= 4 is 45.8 Å². The van der Waals surface area contributed by atoms with Crippen molar-refractivity contribution in [3.8, 4) is 16.3 Å². The van der Waals surface area contributed by atoms with Crippen LogP contribution in [0.2, 0.25) is 0 Å². The molecule has 0 fully saturated rings. The van der Waals surface area contributed by atoms with E-state index in [-0.39, 0.29) is 11.8 Å². The Morgan fingerprint density at radius 2 is 1.93 bits per heavy atom. The van der Waals surface area contributed by atoms with Crippen LogP contribution in [-0.2, 0) is 13.0 Å². The third-order valence-corrected chi connectivity index (χ3v) is 8.05. The average molecular weight is 578 g/mol. The van der Waals surface area contributed by atoms with Crippen LogP contribution in [0.5, 0.6) is 5.88 Å². The highest BCUT2D eigenvalue weighted by atomic mass is 32.1. The Labute approximate surface area is 245 Å². The van der Waals surface area contributed by atoms with Gasteiger partial charge in [0.1, 0.15) is 0 Å². The molecule has 0 unspecified atom stereocenters. The summed E-state index contributed by atoms with van der Waals surface area (Å²) in [6, 6.07) is 22.3. The molecule has 0 saturated heterocycles. The molecule has 2 aromatic carbocycles. The molecule has 0 aliphatic heterocycles. The maximum Gasteiger partial charge on any atom is 0.268 e. The highest BCUT2D eigenvalue weighted by Gasteiger charge is 2.19. The number of nitrogens with zero attached hydrogens (tertiary/aromatic N) is 5. The molecule has 4 aromatic heterocycles. The minimum absolute atomic E-state index is 0.124. The zero-order valence-corrected chi connectivity index (χ0v) is 23.8. The minimum Gasteiger partial charge on any atom is -0.481 e. The van der Waals surface area contributed by atoms with E-state index in [0.717, 1.165) is 21.5 Å². The SMILES string of the molecule is COc1cc(CCn2c(NC(=O)c3ccc(-c4cn[nH]c4)s3)nc3cc(N(C)C(=O)c4ccccc4)ccc32)ccn1. The molecule has 2 amide bonds. The Kier molecular flexibility index (Phi) is 7.48. The van der Waals surface area contributed by atoms with E-state index in [1.807, 2.05) is 59.2 Å². The van der Waals surface area contributed by atoms with Gasteiger partial charge in [0.05, 0.1) is 29.2 Å². The Morgan fingerprint density at radius 3 is 2.71 bits per heavy atom. The lowest BCUT2D eigenvalue weighted by atomic mass is 10.2. The maximum atomic E-state index is 13.4. The van der Waals surface area contributed by atoms with Crippen molar-refractivity contribution < 1.29 is 14.3 Å². The number of fused-ring (bicyclic) bond motifs is 1. The molecule has 0 spiro atoms. The molecule has 4 heterocycles. The number of nitrogens with one attached hydrogen (secondary N) is 2. The summed E-state index contributed by atoms with van der Waals surface area (Å²) in [5.41, 5.74) is 4.74. The van der Waals surface area contributed by atoms with Crippen LogP contribution >= 0.6 is 11.3 Å². The number of rotatable bonds is 9. The fourth-order valence-corrected chi connectivity index (χ4v) is 5.54. The largest absolute Gasteiger partial charge is 0.481 e. The predicted molar refractivity (Wildman–Crippen MR) is 163 cm³/mol. The number of amides is 2. The number of hydrogen-bond donors (Lipinski definition) is 2. The first-order chi connectivity index (χ1) is 20.5. The van der Waals surface area contributed by atoms with Gasteiger partial charge in [0.15, 0.2) is 0 Å². The van der Waals surface area contributed by atoms with Gasteiger partial charge in [0.25, 0.3) is 11.8 Å². The molecule has 11 heteroatoms. The van der Waals surface area contributed by atoms with Crippen molar-refractivity contribution in [2.24, 2.45) is 0 Å². The number of methoxy groups -OCH3 is 1. The molecule has 0 aliphatic rings. The van der Waals surface area contributed by atoms with E-state index in [2.05, 4.69) is 20.5 Å². The number of thiophene rings is 1. The fraction of sp³-hybridized carbons (Fsp3) is 0.129. The number of H-pyrrole nitrogens is 1. The van der Waals surface area contributed by atoms with Crippen molar-refractivity contribution in [1.82, 2.24) is 24.7 Å². The second kappa shape index (κ2) is 11.7. The van der Waals surface area contributed by atoms with Crippen LogP contribution < -0.4 is 15.0 Å². The van der Waals surface area contributed by atoms with E-state index in [0.29, 0.717) is 46.4 Å². The Hall–Kier alpha value is -5.29. The lowest BCUT2D eigenvalue weighted by Gasteiger charge is -2.17. The number of aryl methyl sites for hydroxylation is 2. The van der Waals surface area contributed by atoms with E-state index < -0.39 is 0 Å². The summed E-state index contributed by atoms with van der Waals surface area (Å²) in [6.45, 7) is 0.544. The minimum atomic E-state index is -0.256. The van der Waals surface area contributed by atoms with Gasteiger partial charge in [-0.15, -0.1) is 11.3 Å². The van der Waals surface area contributed by atoms with Crippen LogP contribution in [0.1, 0.15) is 25.6 Å². The standard InChI is InChI=1S/C31H27N7O3S/c1-37(30(40)21-6-4-3-5-7-21)23-8-9-25-24(17-23)35-31(38(25)15-13-20-12-14-32-28(16-20)41-2)36-29(39)27-11-10-26(42-27)22-18-33-34-19-22/h3-12,14,16-19H,13,15H2,1-2H3,(H,33,34)(H,35,36,39). The van der Waals surface area contributed by atoms with Crippen molar-refractivity contribution in [3.63, 3.8) is 0 Å². The third-order valence-electron chi connectivity index (χ3n) is 6.91. The van der Waals surface area contributed by atoms with Crippen molar-refractivity contribution in [2.75, 3.05) is 24.4 Å². The molecule has 0 saturated carbocycles. The Bertz CT molecular complexity index is 1860. The molecule has 0 radical (unpaired) electrons. The molecule has 0 atom stereocenters. The van der Waals surface area contributed by atoms with Gasteiger partial charge in [-0.05, 0) is 60.5 Å². The van der Waals surface area contributed by atoms with Crippen molar-refractivity contribution in [3.05, 3.63) is 107 Å². The number of carbonyl (C=O) groups excluding carboxylic acids is 2. The van der Waals surface area contributed by atoms with Gasteiger partial charge in [-0.3, -0.25) is 20.0 Å². The van der Waals surface area contributed by atoms with Crippen molar-refractivity contribution in [2.45, 2.75) is 13.0 Å². The van der Waals surface area contributed by atoms with Crippen LogP contribution in [0.4, 0.5) is 11.6 Å². The first kappa shape index (κ1) is 26.9. The fourth-order valence-electron chi connectivity index (χ4n) is 4.66. The normalized spacial score (nSPS) is 11.0. The summed E-state index contributed by atoms with van der Waals surface area (Å²) in [7, 11) is 3.32. The van der Waals surface area contributed by atoms with Crippen molar-refractivity contribution in [1.29, 1.82) is 0 Å².